The molecule has 2 N–H and O–H groups in total. The number of rotatable bonds is 1. The predicted octanol–water partition coefficient (Wildman–Crippen LogP) is 0.796. The largest absolute Gasteiger partial charge is 0.397 e. The third-order valence-electron chi connectivity index (χ3n) is 2.12. The lowest BCUT2D eigenvalue weighted by molar-refractivity contribution is -0.0467. The summed E-state index contributed by atoms with van der Waals surface area (Å²) in [5, 5.41) is 0. The zero-order chi connectivity index (χ0) is 9.97. The number of alkyl halides is 1. The average molecular weight is 197 g/mol. The monoisotopic (exact) mass is 197 g/mol. The Morgan fingerprint density at radius 2 is 2.43 bits per heavy atom. The van der Waals surface area contributed by atoms with Crippen molar-refractivity contribution in [3.63, 3.8) is 0 Å². The van der Waals surface area contributed by atoms with Crippen molar-refractivity contribution in [3.05, 3.63) is 18.3 Å². The molecular formula is C9H12FN3O. The number of anilines is 2. The molecular weight excluding hydrogens is 185 g/mol. The number of morpholine rings is 1. The second-order valence-corrected chi connectivity index (χ2v) is 3.18. The van der Waals surface area contributed by atoms with E-state index in [0.717, 1.165) is 5.82 Å². The van der Waals surface area contributed by atoms with Gasteiger partial charge < -0.3 is 15.4 Å². The van der Waals surface area contributed by atoms with Crippen molar-refractivity contribution in [2.24, 2.45) is 0 Å². The quantitative estimate of drug-likeness (QED) is 0.723. The van der Waals surface area contributed by atoms with Crippen molar-refractivity contribution in [1.29, 1.82) is 0 Å². The number of halogens is 1. The minimum atomic E-state index is -1.22. The number of aromatic nitrogens is 1. The van der Waals surface area contributed by atoms with Gasteiger partial charge in [-0.2, -0.15) is 0 Å². The van der Waals surface area contributed by atoms with Crippen LogP contribution in [0.3, 0.4) is 0 Å². The van der Waals surface area contributed by atoms with Gasteiger partial charge in [-0.1, -0.05) is 0 Å². The van der Waals surface area contributed by atoms with E-state index >= 15 is 0 Å². The van der Waals surface area contributed by atoms with Crippen LogP contribution in [-0.4, -0.2) is 31.0 Å². The van der Waals surface area contributed by atoms with Crippen LogP contribution in [-0.2, 0) is 4.74 Å². The van der Waals surface area contributed by atoms with E-state index in [9.17, 15) is 4.39 Å². The molecule has 1 unspecified atom stereocenters. The molecule has 5 heteroatoms. The molecule has 14 heavy (non-hydrogen) atoms. The summed E-state index contributed by atoms with van der Waals surface area (Å²) in [5.41, 5.74) is 6.11. The van der Waals surface area contributed by atoms with Crippen LogP contribution in [0.25, 0.3) is 0 Å². The van der Waals surface area contributed by atoms with Gasteiger partial charge in [-0.15, -0.1) is 0 Å². The third-order valence-corrected chi connectivity index (χ3v) is 2.12. The Bertz CT molecular complexity index is 303. The van der Waals surface area contributed by atoms with E-state index in [-0.39, 0.29) is 6.54 Å². The zero-order valence-electron chi connectivity index (χ0n) is 7.69. The fourth-order valence-electron chi connectivity index (χ4n) is 1.40. The Kier molecular flexibility index (Phi) is 2.49. The molecule has 0 aromatic carbocycles. The Labute approximate surface area is 81.5 Å². The van der Waals surface area contributed by atoms with E-state index in [1.165, 1.54) is 0 Å². The molecule has 1 atom stereocenters. The molecule has 1 aliphatic rings. The maximum absolute atomic E-state index is 12.9. The van der Waals surface area contributed by atoms with E-state index in [0.29, 0.717) is 18.8 Å². The van der Waals surface area contributed by atoms with Crippen molar-refractivity contribution in [2.75, 3.05) is 30.3 Å². The standard InChI is InChI=1S/C9H12FN3O/c10-8-6-13(3-4-14-8)9-2-1-7(11)5-12-9/h1-2,5,8H,3-4,6,11H2. The number of nitrogen functional groups attached to an aromatic ring is 1. The summed E-state index contributed by atoms with van der Waals surface area (Å²) in [5.74, 6) is 0.741. The first-order chi connectivity index (χ1) is 6.75. The van der Waals surface area contributed by atoms with Crippen LogP contribution < -0.4 is 10.6 Å². The van der Waals surface area contributed by atoms with Gasteiger partial charge in [0, 0.05) is 6.54 Å². The summed E-state index contributed by atoms with van der Waals surface area (Å²) in [7, 11) is 0. The van der Waals surface area contributed by atoms with Gasteiger partial charge in [0.2, 0.25) is 6.36 Å². The van der Waals surface area contributed by atoms with Gasteiger partial charge in [-0.05, 0) is 12.1 Å². The normalized spacial score (nSPS) is 22.4. The SMILES string of the molecule is Nc1ccc(N2CCOC(F)C2)nc1. The smallest absolute Gasteiger partial charge is 0.216 e. The number of pyridine rings is 1. The number of ether oxygens (including phenoxy) is 1. The molecule has 2 rings (SSSR count). The van der Waals surface area contributed by atoms with Crippen molar-refractivity contribution < 1.29 is 9.13 Å². The molecule has 4 nitrogen and oxygen atoms in total. The molecule has 0 saturated carbocycles. The fraction of sp³-hybridized carbons (Fsp3) is 0.444. The van der Waals surface area contributed by atoms with Gasteiger partial charge in [0.15, 0.2) is 0 Å². The first kappa shape index (κ1) is 9.21. The fourth-order valence-corrected chi connectivity index (χ4v) is 1.40. The second-order valence-electron chi connectivity index (χ2n) is 3.18. The first-order valence-electron chi connectivity index (χ1n) is 4.48. The Balaban J connectivity index is 2.10. The van der Waals surface area contributed by atoms with Crippen LogP contribution >= 0.6 is 0 Å². The second kappa shape index (κ2) is 3.79. The topological polar surface area (TPSA) is 51.4 Å². The number of nitrogens with two attached hydrogens (primary N) is 1. The Morgan fingerprint density at radius 3 is 3.07 bits per heavy atom. The van der Waals surface area contributed by atoms with Crippen LogP contribution in [0.1, 0.15) is 0 Å². The van der Waals surface area contributed by atoms with Gasteiger partial charge >= 0.3 is 0 Å². The lowest BCUT2D eigenvalue weighted by atomic mass is 10.3. The summed E-state index contributed by atoms with van der Waals surface area (Å²) in [6.45, 7) is 1.29. The third kappa shape index (κ3) is 1.93. The highest BCUT2D eigenvalue weighted by Crippen LogP contribution is 2.16. The summed E-state index contributed by atoms with van der Waals surface area (Å²) >= 11 is 0. The molecule has 0 radical (unpaired) electrons. The highest BCUT2D eigenvalue weighted by Gasteiger charge is 2.20. The average Bonchev–Trinajstić information content (AvgIpc) is 2.19. The van der Waals surface area contributed by atoms with Crippen molar-refractivity contribution in [2.45, 2.75) is 6.36 Å². The minimum Gasteiger partial charge on any atom is -0.397 e. The molecule has 0 amide bonds. The zero-order valence-corrected chi connectivity index (χ0v) is 7.69. The highest BCUT2D eigenvalue weighted by atomic mass is 19.1. The summed E-state index contributed by atoms with van der Waals surface area (Å²) < 4.78 is 17.7. The van der Waals surface area contributed by atoms with Crippen LogP contribution in [0, 0.1) is 0 Å². The Morgan fingerprint density at radius 1 is 1.57 bits per heavy atom. The van der Waals surface area contributed by atoms with E-state index in [1.54, 1.807) is 18.3 Å². The summed E-state index contributed by atoms with van der Waals surface area (Å²) in [6.07, 6.45) is 0.348. The maximum Gasteiger partial charge on any atom is 0.216 e. The van der Waals surface area contributed by atoms with Crippen molar-refractivity contribution in [3.8, 4) is 0 Å². The van der Waals surface area contributed by atoms with Crippen molar-refractivity contribution in [1.82, 2.24) is 4.98 Å². The summed E-state index contributed by atoms with van der Waals surface area (Å²) in [4.78, 5) is 5.96. The molecule has 0 bridgehead atoms. The van der Waals surface area contributed by atoms with E-state index < -0.39 is 6.36 Å². The number of hydrogen-bond acceptors (Lipinski definition) is 4. The van der Waals surface area contributed by atoms with Crippen LogP contribution in [0.4, 0.5) is 15.9 Å². The molecule has 1 fully saturated rings. The van der Waals surface area contributed by atoms with Crippen molar-refractivity contribution >= 4 is 11.5 Å². The first-order valence-corrected chi connectivity index (χ1v) is 4.48. The van der Waals surface area contributed by atoms with Crippen LogP contribution in [0.5, 0.6) is 0 Å². The summed E-state index contributed by atoms with van der Waals surface area (Å²) in [6, 6.07) is 3.54. The predicted molar refractivity (Wildman–Crippen MR) is 51.7 cm³/mol. The molecule has 1 aliphatic heterocycles. The molecule has 0 aliphatic carbocycles. The van der Waals surface area contributed by atoms with E-state index in [4.69, 9.17) is 10.5 Å². The van der Waals surface area contributed by atoms with Gasteiger partial charge in [-0.25, -0.2) is 9.37 Å². The van der Waals surface area contributed by atoms with Gasteiger partial charge in [0.25, 0.3) is 0 Å². The lowest BCUT2D eigenvalue weighted by Crippen LogP contribution is -2.40. The number of nitrogens with zero attached hydrogens (tertiary/aromatic N) is 2. The molecule has 1 aromatic heterocycles. The highest BCUT2D eigenvalue weighted by molar-refractivity contribution is 5.45. The van der Waals surface area contributed by atoms with E-state index in [2.05, 4.69) is 4.98 Å². The molecule has 0 spiro atoms. The minimum absolute atomic E-state index is 0.233. The van der Waals surface area contributed by atoms with E-state index in [1.807, 2.05) is 4.90 Å². The van der Waals surface area contributed by atoms with Gasteiger partial charge in [0.05, 0.1) is 25.0 Å². The van der Waals surface area contributed by atoms with Gasteiger partial charge in [-0.3, -0.25) is 0 Å². The molecule has 1 aromatic rings. The molecule has 76 valence electrons. The lowest BCUT2D eigenvalue weighted by Gasteiger charge is -2.29. The maximum atomic E-state index is 12.9. The van der Waals surface area contributed by atoms with Crippen LogP contribution in [0.15, 0.2) is 18.3 Å². The molecule has 1 saturated heterocycles. The van der Waals surface area contributed by atoms with Gasteiger partial charge in [0.1, 0.15) is 5.82 Å². The Hall–Kier alpha value is -1.36. The number of hydrogen-bond donors (Lipinski definition) is 1. The van der Waals surface area contributed by atoms with Crippen LogP contribution in [0.2, 0.25) is 0 Å². The molecule has 2 heterocycles.